The van der Waals surface area contributed by atoms with Crippen LogP contribution >= 0.6 is 0 Å². The van der Waals surface area contributed by atoms with Crippen LogP contribution in [0.15, 0.2) is 68.8 Å². The van der Waals surface area contributed by atoms with Crippen LogP contribution in [-0.4, -0.2) is 104 Å². The highest BCUT2D eigenvalue weighted by Gasteiger charge is 2.60. The first-order valence-electron chi connectivity index (χ1n) is 21.4. The van der Waals surface area contributed by atoms with Crippen molar-refractivity contribution in [2.75, 3.05) is 13.6 Å². The summed E-state index contributed by atoms with van der Waals surface area (Å²) in [6, 6.07) is 14.7. The molecule has 11 atom stereocenters. The molecule has 12 N–H and O–H groups in total. The van der Waals surface area contributed by atoms with Crippen molar-refractivity contribution in [2.45, 2.75) is 88.1 Å². The molecule has 2 saturated carbocycles. The van der Waals surface area contributed by atoms with Crippen molar-refractivity contribution in [3.8, 4) is 34.3 Å². The minimum atomic E-state index is -2.76. The summed E-state index contributed by atoms with van der Waals surface area (Å²) in [6.45, 7) is 3.57. The van der Waals surface area contributed by atoms with Gasteiger partial charge in [0.1, 0.15) is 46.6 Å². The first-order valence-corrected chi connectivity index (χ1v) is 21.4. The van der Waals surface area contributed by atoms with Crippen molar-refractivity contribution in [1.82, 2.24) is 5.32 Å². The second-order valence-corrected chi connectivity index (χ2v) is 18.2. The maximum atomic E-state index is 13.9. The molecule has 11 unspecified atom stereocenters. The molecule has 17 heteroatoms. The number of phenols is 3. The molecular formula is C47H54N4O13. The summed E-state index contributed by atoms with van der Waals surface area (Å²) in [7, 11) is 1.90. The molecule has 1 aliphatic heterocycles. The van der Waals surface area contributed by atoms with Crippen molar-refractivity contribution in [1.29, 1.82) is 0 Å². The fraction of sp³-hybridized carbons (Fsp3) is 0.447. The molecule has 1 aromatic heterocycles. The van der Waals surface area contributed by atoms with Crippen LogP contribution in [0, 0.1) is 29.1 Å². The van der Waals surface area contributed by atoms with E-state index in [1.807, 2.05) is 31.3 Å². The van der Waals surface area contributed by atoms with E-state index in [1.165, 1.54) is 6.07 Å². The van der Waals surface area contributed by atoms with E-state index in [4.69, 9.17) is 25.4 Å². The zero-order valence-electron chi connectivity index (χ0n) is 35.5. The van der Waals surface area contributed by atoms with Gasteiger partial charge in [0.15, 0.2) is 29.0 Å². The number of allylic oxidation sites excluding steroid dienone is 1. The number of aldehydes is 1. The predicted molar refractivity (Wildman–Crippen MR) is 234 cm³/mol. The zero-order chi connectivity index (χ0) is 46.0. The average molecular weight is 883 g/mol. The second kappa shape index (κ2) is 16.9. The predicted octanol–water partition coefficient (Wildman–Crippen LogP) is 3.38. The van der Waals surface area contributed by atoms with Crippen molar-refractivity contribution < 1.29 is 59.2 Å². The standard InChI is InChI=1S/C47H54N4O13/c1-21(2)8-9-22-14-35(50-3)46(20-52)18-24(22)13-29-26-7-5-4-6-23(26)12-30(37(29)46)28-15-25(53)10-11-27(28)32-16-31(54)36-33(62-32)17-34(38(55)39(36)56)63-44-42(58)47(61,19-51-45(48)49)41(57)40(64-44)43(59)60/h4-7,10-12,15-17,20-22,24,29,35,37,40-42,44,50,53,55-58,61H,8-9,13-14,18-19H2,1-3H3,(H,59,60)(H4,48,49,51). The number of carbonyl (C=O) groups excluding carboxylic acids is 1. The molecule has 0 amide bonds. The number of aliphatic imine (C=N–C) groups is 1. The monoisotopic (exact) mass is 882 g/mol. The Morgan fingerprint density at radius 1 is 1.03 bits per heavy atom. The molecule has 3 aromatic carbocycles. The number of aliphatic hydroxyl groups excluding tert-OH is 2. The Kier molecular flexibility index (Phi) is 11.8. The molecule has 340 valence electrons. The molecule has 1 saturated heterocycles. The molecule has 2 heterocycles. The van der Waals surface area contributed by atoms with Gasteiger partial charge in [0.25, 0.3) is 0 Å². The Bertz CT molecular complexity index is 2610. The molecule has 4 aliphatic rings. The average Bonchev–Trinajstić information content (AvgIpc) is 3.26. The number of carboxylic acid groups (broad SMARTS) is 1. The van der Waals surface area contributed by atoms with Crippen molar-refractivity contribution in [2.24, 2.45) is 45.5 Å². The van der Waals surface area contributed by atoms with E-state index in [2.05, 4.69) is 30.2 Å². The van der Waals surface area contributed by atoms with Gasteiger partial charge in [0, 0.05) is 35.1 Å². The van der Waals surface area contributed by atoms with Crippen LogP contribution < -0.4 is 26.9 Å². The van der Waals surface area contributed by atoms with Gasteiger partial charge < -0.3 is 71.2 Å². The molecule has 0 spiro atoms. The van der Waals surface area contributed by atoms with Gasteiger partial charge in [-0.15, -0.1) is 0 Å². The number of nitrogens with zero attached hydrogens (tertiary/aromatic N) is 1. The SMILES string of the molecule is CNC1CC(CCC(C)C)C2CC3c4ccccc4C=C(c4cc(O)ccc4-c4cc(=O)c5c(O)c(O)c(OC6OC(C(=O)O)C(O)C(O)(CN=C(N)N)C6O)cc5o4)C3C1(C=O)C2. The van der Waals surface area contributed by atoms with Gasteiger partial charge in [-0.3, -0.25) is 9.79 Å². The van der Waals surface area contributed by atoms with Gasteiger partial charge in [-0.1, -0.05) is 50.6 Å². The number of aliphatic carboxylic acids is 1. The van der Waals surface area contributed by atoms with Gasteiger partial charge in [-0.05, 0) is 96.9 Å². The number of phenolic OH excluding ortho intramolecular Hbond substituents is 3. The largest absolute Gasteiger partial charge is 0.508 e. The van der Waals surface area contributed by atoms with Crippen LogP contribution in [0.5, 0.6) is 23.0 Å². The highest BCUT2D eigenvalue weighted by molar-refractivity contribution is 5.95. The third kappa shape index (κ3) is 7.44. The summed E-state index contributed by atoms with van der Waals surface area (Å²) in [4.78, 5) is 43.5. The van der Waals surface area contributed by atoms with Crippen LogP contribution in [0.3, 0.4) is 0 Å². The number of nitrogens with one attached hydrogen (secondary N) is 1. The molecule has 0 radical (unpaired) electrons. The van der Waals surface area contributed by atoms with E-state index in [1.54, 1.807) is 12.1 Å². The summed E-state index contributed by atoms with van der Waals surface area (Å²) < 4.78 is 17.3. The zero-order valence-corrected chi connectivity index (χ0v) is 35.5. The van der Waals surface area contributed by atoms with Crippen molar-refractivity contribution in [3.63, 3.8) is 0 Å². The Balaban J connectivity index is 1.24. The number of hydrogen-bond acceptors (Lipinski definition) is 14. The van der Waals surface area contributed by atoms with Crippen molar-refractivity contribution in [3.05, 3.63) is 81.5 Å². The fourth-order valence-electron chi connectivity index (χ4n) is 11.0. The maximum Gasteiger partial charge on any atom is 0.335 e. The van der Waals surface area contributed by atoms with E-state index in [9.17, 15) is 50.1 Å². The lowest BCUT2D eigenvalue weighted by Gasteiger charge is -2.59. The molecule has 3 fully saturated rings. The number of rotatable bonds is 12. The lowest BCUT2D eigenvalue weighted by molar-refractivity contribution is -0.303. The topological polar surface area (TPSA) is 301 Å². The number of aliphatic hydroxyl groups is 3. The Morgan fingerprint density at radius 3 is 2.47 bits per heavy atom. The van der Waals surface area contributed by atoms with E-state index >= 15 is 0 Å². The molecular weight excluding hydrogens is 829 g/mol. The van der Waals surface area contributed by atoms with Crippen LogP contribution in [0.2, 0.25) is 0 Å². The summed E-state index contributed by atoms with van der Waals surface area (Å²) in [5.74, 6) is -4.24. The lowest BCUT2D eigenvalue weighted by atomic mass is 9.45. The minimum absolute atomic E-state index is 0.0223. The molecule has 17 nitrogen and oxygen atoms in total. The molecule has 2 bridgehead atoms. The molecule has 64 heavy (non-hydrogen) atoms. The normalized spacial score (nSPS) is 30.8. The van der Waals surface area contributed by atoms with Crippen LogP contribution in [-0.2, 0) is 14.3 Å². The van der Waals surface area contributed by atoms with E-state index < -0.39 is 82.2 Å². The molecule has 8 rings (SSSR count). The number of aromatic hydroxyl groups is 3. The third-order valence-corrected chi connectivity index (χ3v) is 14.1. The van der Waals surface area contributed by atoms with E-state index in [0.717, 1.165) is 60.8 Å². The first kappa shape index (κ1) is 44.6. The number of benzene rings is 3. The third-order valence-electron chi connectivity index (χ3n) is 14.1. The Morgan fingerprint density at radius 2 is 1.78 bits per heavy atom. The van der Waals surface area contributed by atoms with E-state index in [0.29, 0.717) is 35.3 Å². The summed E-state index contributed by atoms with van der Waals surface area (Å²) in [6.07, 6.45) is -1.17. The quantitative estimate of drug-likeness (QED) is 0.0422. The lowest BCUT2D eigenvalue weighted by Crippen LogP contribution is -2.70. The van der Waals surface area contributed by atoms with Gasteiger partial charge in [0.05, 0.1) is 6.54 Å². The summed E-state index contributed by atoms with van der Waals surface area (Å²) in [5, 5.41) is 79.4. The van der Waals surface area contributed by atoms with Crippen LogP contribution in [0.4, 0.5) is 0 Å². The Labute approximate surface area is 367 Å². The summed E-state index contributed by atoms with van der Waals surface area (Å²) in [5.41, 5.74) is 9.79. The van der Waals surface area contributed by atoms with Crippen molar-refractivity contribution >= 4 is 40.8 Å². The second-order valence-electron chi connectivity index (χ2n) is 18.2. The summed E-state index contributed by atoms with van der Waals surface area (Å²) >= 11 is 0. The van der Waals surface area contributed by atoms with E-state index in [-0.39, 0.29) is 35.0 Å². The number of carboxylic acids is 1. The number of hydrogen-bond donors (Lipinski definition) is 10. The molecule has 4 aromatic rings. The van der Waals surface area contributed by atoms with Crippen LogP contribution in [0.25, 0.3) is 33.9 Å². The van der Waals surface area contributed by atoms with Crippen LogP contribution in [0.1, 0.15) is 68.6 Å². The van der Waals surface area contributed by atoms with Gasteiger partial charge in [-0.2, -0.15) is 0 Å². The number of fused-ring (bicyclic) bond motifs is 7. The first-order chi connectivity index (χ1) is 30.4. The van der Waals surface area contributed by atoms with Gasteiger partial charge in [0.2, 0.25) is 12.0 Å². The number of ether oxygens (including phenoxy) is 2. The fourth-order valence-corrected chi connectivity index (χ4v) is 11.0. The van der Waals surface area contributed by atoms with Gasteiger partial charge >= 0.3 is 5.97 Å². The maximum absolute atomic E-state index is 13.9. The highest BCUT2D eigenvalue weighted by Crippen LogP contribution is 2.64. The minimum Gasteiger partial charge on any atom is -0.508 e. The number of nitrogens with two attached hydrogens (primary N) is 2. The van der Waals surface area contributed by atoms with Gasteiger partial charge in [-0.25, -0.2) is 4.79 Å². The smallest absolute Gasteiger partial charge is 0.335 e. The number of guanidine groups is 1. The Hall–Kier alpha value is -5.98. The highest BCUT2D eigenvalue weighted by atomic mass is 16.7. The number of carbonyl (C=O) groups is 2. The molecule has 3 aliphatic carbocycles.